The minimum Gasteiger partial charge on any atom is -0.309 e. The van der Waals surface area contributed by atoms with Crippen molar-refractivity contribution >= 4 is 0 Å². The maximum absolute atomic E-state index is 3.27. The van der Waals surface area contributed by atoms with E-state index >= 15 is 0 Å². The standard InChI is InChI=1S/C8H20N4.C6H14N2/c1-11(2)4-3-5-12-7-9-6-10-8-12;1-7-3-5-8(2)6-4-7/h9-10H,3-8H2,1-2H3;3-6H2,1-2H3. The Bertz CT molecular complexity index is 212. The van der Waals surface area contributed by atoms with E-state index in [1.54, 1.807) is 0 Å². The van der Waals surface area contributed by atoms with Gasteiger partial charge in [0, 0.05) is 39.4 Å². The SMILES string of the molecule is CN(C)CCCN1CNCNC1.CN1CCN(C)CC1. The lowest BCUT2D eigenvalue weighted by atomic mass is 10.4. The van der Waals surface area contributed by atoms with Gasteiger partial charge < -0.3 is 14.7 Å². The Kier molecular flexibility index (Phi) is 9.33. The number of nitrogens with one attached hydrogen (secondary N) is 2. The third kappa shape index (κ3) is 8.84. The summed E-state index contributed by atoms with van der Waals surface area (Å²) < 4.78 is 0. The Balaban J connectivity index is 0.000000217. The second-order valence-corrected chi connectivity index (χ2v) is 6.15. The van der Waals surface area contributed by atoms with E-state index < -0.39 is 0 Å². The molecular formula is C14H34N6. The largest absolute Gasteiger partial charge is 0.309 e. The molecule has 0 amide bonds. The van der Waals surface area contributed by atoms with Gasteiger partial charge in [0.1, 0.15) is 0 Å². The van der Waals surface area contributed by atoms with Gasteiger partial charge in [-0.3, -0.25) is 15.5 Å². The van der Waals surface area contributed by atoms with Crippen LogP contribution in [0.3, 0.4) is 0 Å². The monoisotopic (exact) mass is 286 g/mol. The van der Waals surface area contributed by atoms with Gasteiger partial charge in [0.2, 0.25) is 0 Å². The predicted molar refractivity (Wildman–Crippen MR) is 85.7 cm³/mol. The van der Waals surface area contributed by atoms with Gasteiger partial charge in [-0.1, -0.05) is 0 Å². The fourth-order valence-electron chi connectivity index (χ4n) is 2.25. The fraction of sp³-hybridized carbons (Fsp3) is 1.00. The highest BCUT2D eigenvalue weighted by Crippen LogP contribution is 1.93. The molecule has 0 radical (unpaired) electrons. The number of hydrogen-bond acceptors (Lipinski definition) is 6. The molecule has 2 aliphatic rings. The Morgan fingerprint density at radius 3 is 1.85 bits per heavy atom. The number of piperazine rings is 1. The highest BCUT2D eigenvalue weighted by atomic mass is 15.4. The van der Waals surface area contributed by atoms with Crippen molar-refractivity contribution in [3.05, 3.63) is 0 Å². The molecule has 0 bridgehead atoms. The summed E-state index contributed by atoms with van der Waals surface area (Å²) in [4.78, 5) is 9.33. The molecule has 2 N–H and O–H groups in total. The van der Waals surface area contributed by atoms with Crippen molar-refractivity contribution in [1.29, 1.82) is 0 Å². The van der Waals surface area contributed by atoms with Crippen LogP contribution in [-0.4, -0.2) is 107 Å². The maximum Gasteiger partial charge on any atom is 0.0502 e. The lowest BCUT2D eigenvalue weighted by molar-refractivity contribution is 0.181. The summed E-state index contributed by atoms with van der Waals surface area (Å²) in [6.45, 7) is 10.3. The van der Waals surface area contributed by atoms with Crippen molar-refractivity contribution < 1.29 is 0 Å². The van der Waals surface area contributed by atoms with Gasteiger partial charge >= 0.3 is 0 Å². The molecule has 0 spiro atoms. The molecule has 2 aliphatic heterocycles. The van der Waals surface area contributed by atoms with Crippen LogP contribution < -0.4 is 10.6 Å². The molecule has 20 heavy (non-hydrogen) atoms. The van der Waals surface area contributed by atoms with E-state index in [9.17, 15) is 0 Å². The van der Waals surface area contributed by atoms with Crippen LogP contribution in [0.25, 0.3) is 0 Å². The summed E-state index contributed by atoms with van der Waals surface area (Å²) in [5.74, 6) is 0. The maximum atomic E-state index is 3.27. The first kappa shape index (κ1) is 17.8. The van der Waals surface area contributed by atoms with Gasteiger partial charge in [0.05, 0.1) is 13.3 Å². The highest BCUT2D eigenvalue weighted by molar-refractivity contribution is 4.64. The van der Waals surface area contributed by atoms with Crippen molar-refractivity contribution in [2.45, 2.75) is 6.42 Å². The molecule has 6 heteroatoms. The van der Waals surface area contributed by atoms with Crippen LogP contribution >= 0.6 is 0 Å². The smallest absolute Gasteiger partial charge is 0.0502 e. The number of rotatable bonds is 4. The summed E-state index contributed by atoms with van der Waals surface area (Å²) in [6.07, 6.45) is 1.25. The van der Waals surface area contributed by atoms with Gasteiger partial charge in [-0.05, 0) is 41.2 Å². The molecule has 2 fully saturated rings. The van der Waals surface area contributed by atoms with Crippen molar-refractivity contribution in [3.8, 4) is 0 Å². The van der Waals surface area contributed by atoms with Crippen LogP contribution in [0.15, 0.2) is 0 Å². The van der Waals surface area contributed by atoms with E-state index in [-0.39, 0.29) is 0 Å². The van der Waals surface area contributed by atoms with E-state index in [1.807, 2.05) is 0 Å². The Morgan fingerprint density at radius 2 is 1.40 bits per heavy atom. The first-order chi connectivity index (χ1) is 9.58. The van der Waals surface area contributed by atoms with Gasteiger partial charge in [-0.15, -0.1) is 0 Å². The normalized spacial score (nSPS) is 22.6. The number of hydrogen-bond donors (Lipinski definition) is 2. The zero-order valence-corrected chi connectivity index (χ0v) is 13.9. The predicted octanol–water partition coefficient (Wildman–Crippen LogP) is -0.831. The third-order valence-corrected chi connectivity index (χ3v) is 3.73. The van der Waals surface area contributed by atoms with Crippen molar-refractivity contribution in [1.82, 2.24) is 30.2 Å². The molecule has 0 aromatic heterocycles. The second kappa shape index (κ2) is 10.5. The molecule has 0 unspecified atom stereocenters. The van der Waals surface area contributed by atoms with E-state index in [1.165, 1.54) is 45.7 Å². The van der Waals surface area contributed by atoms with Crippen LogP contribution in [-0.2, 0) is 0 Å². The summed E-state index contributed by atoms with van der Waals surface area (Å²) >= 11 is 0. The lowest BCUT2D eigenvalue weighted by Gasteiger charge is -2.28. The molecular weight excluding hydrogens is 252 g/mol. The summed E-state index contributed by atoms with van der Waals surface area (Å²) in [6, 6.07) is 0. The van der Waals surface area contributed by atoms with Crippen molar-refractivity contribution in [2.75, 3.05) is 87.5 Å². The summed E-state index contributed by atoms with van der Waals surface area (Å²) in [7, 11) is 8.58. The van der Waals surface area contributed by atoms with Gasteiger partial charge in [0.15, 0.2) is 0 Å². The van der Waals surface area contributed by atoms with Gasteiger partial charge in [-0.2, -0.15) is 0 Å². The molecule has 6 nitrogen and oxygen atoms in total. The Hall–Kier alpha value is -0.240. The minimum atomic E-state index is 0.949. The molecule has 2 rings (SSSR count). The topological polar surface area (TPSA) is 37.0 Å². The van der Waals surface area contributed by atoms with Gasteiger partial charge in [0.25, 0.3) is 0 Å². The molecule has 0 aromatic rings. The number of likely N-dealkylation sites (N-methyl/N-ethyl adjacent to an activating group) is 2. The summed E-state index contributed by atoms with van der Waals surface area (Å²) in [5, 5.41) is 6.55. The zero-order chi connectivity index (χ0) is 14.8. The van der Waals surface area contributed by atoms with Crippen LogP contribution in [0.1, 0.15) is 6.42 Å². The first-order valence-electron chi connectivity index (χ1n) is 7.73. The van der Waals surface area contributed by atoms with E-state index in [4.69, 9.17) is 0 Å². The Labute approximate surface area is 125 Å². The second-order valence-electron chi connectivity index (χ2n) is 6.15. The average Bonchev–Trinajstić information content (AvgIpc) is 2.44. The van der Waals surface area contributed by atoms with E-state index in [0.717, 1.165) is 20.0 Å². The zero-order valence-electron chi connectivity index (χ0n) is 13.9. The molecule has 0 saturated carbocycles. The quantitative estimate of drug-likeness (QED) is 0.703. The third-order valence-electron chi connectivity index (χ3n) is 3.73. The van der Waals surface area contributed by atoms with Crippen LogP contribution in [0.5, 0.6) is 0 Å². The van der Waals surface area contributed by atoms with Crippen LogP contribution in [0.2, 0.25) is 0 Å². The highest BCUT2D eigenvalue weighted by Gasteiger charge is 2.08. The van der Waals surface area contributed by atoms with E-state index in [2.05, 4.69) is 58.4 Å². The van der Waals surface area contributed by atoms with E-state index in [0.29, 0.717) is 0 Å². The van der Waals surface area contributed by atoms with Crippen LogP contribution in [0, 0.1) is 0 Å². The van der Waals surface area contributed by atoms with Crippen molar-refractivity contribution in [2.24, 2.45) is 0 Å². The molecule has 2 saturated heterocycles. The summed E-state index contributed by atoms with van der Waals surface area (Å²) in [5.41, 5.74) is 0. The van der Waals surface area contributed by atoms with Gasteiger partial charge in [-0.25, -0.2) is 0 Å². The molecule has 120 valence electrons. The fourth-order valence-corrected chi connectivity index (χ4v) is 2.25. The molecule has 0 aromatic carbocycles. The Morgan fingerprint density at radius 1 is 0.900 bits per heavy atom. The molecule has 2 heterocycles. The first-order valence-corrected chi connectivity index (χ1v) is 7.73. The average molecular weight is 286 g/mol. The van der Waals surface area contributed by atoms with Crippen molar-refractivity contribution in [3.63, 3.8) is 0 Å². The molecule has 0 aliphatic carbocycles. The molecule has 0 atom stereocenters. The lowest BCUT2D eigenvalue weighted by Crippen LogP contribution is -2.50. The van der Waals surface area contributed by atoms with Crippen LogP contribution in [0.4, 0.5) is 0 Å². The minimum absolute atomic E-state index is 0.949. The number of nitrogens with zero attached hydrogens (tertiary/aromatic N) is 4.